The number of piperidine rings is 1. The normalized spacial score (nSPS) is 14.4. The van der Waals surface area contributed by atoms with Gasteiger partial charge >= 0.3 is 0 Å². The van der Waals surface area contributed by atoms with E-state index in [4.69, 9.17) is 14.5 Å². The van der Waals surface area contributed by atoms with E-state index >= 15 is 0 Å². The van der Waals surface area contributed by atoms with Gasteiger partial charge in [0, 0.05) is 54.7 Å². The van der Waals surface area contributed by atoms with Crippen LogP contribution in [0.4, 0.5) is 5.82 Å². The number of rotatable bonds is 4. The molecular formula is C21H22N4O3. The Hall–Kier alpha value is -3.22. The van der Waals surface area contributed by atoms with Crippen molar-refractivity contribution in [2.24, 2.45) is 0 Å². The topological polar surface area (TPSA) is 77.4 Å². The van der Waals surface area contributed by atoms with Crippen LogP contribution in [0, 0.1) is 6.92 Å². The smallest absolute Gasteiger partial charge is 0.162 e. The summed E-state index contributed by atoms with van der Waals surface area (Å²) < 4.78 is 10.8. The number of benzene rings is 1. The van der Waals surface area contributed by atoms with Crippen LogP contribution in [0.1, 0.15) is 18.4 Å². The molecule has 2 aromatic heterocycles. The Morgan fingerprint density at radius 2 is 1.71 bits per heavy atom. The molecule has 0 aliphatic carbocycles. The molecule has 7 heteroatoms. The lowest BCUT2D eigenvalue weighted by Crippen LogP contribution is -2.34. The fraction of sp³-hybridized carbons (Fsp3) is 0.333. The van der Waals surface area contributed by atoms with Crippen molar-refractivity contribution in [2.45, 2.75) is 19.8 Å². The second-order valence-corrected chi connectivity index (χ2v) is 6.87. The zero-order chi connectivity index (χ0) is 19.7. The number of aryl methyl sites for hydroxylation is 1. The number of nitrogens with zero attached hydrogens (tertiary/aromatic N) is 4. The van der Waals surface area contributed by atoms with Gasteiger partial charge in [0.2, 0.25) is 0 Å². The Bertz CT molecular complexity index is 1040. The minimum absolute atomic E-state index is 0.323. The van der Waals surface area contributed by atoms with Crippen LogP contribution in [0.15, 0.2) is 30.6 Å². The van der Waals surface area contributed by atoms with Gasteiger partial charge in [-0.1, -0.05) is 0 Å². The molecule has 3 aromatic rings. The molecule has 0 saturated carbocycles. The van der Waals surface area contributed by atoms with Gasteiger partial charge in [-0.25, -0.2) is 4.98 Å². The maximum Gasteiger partial charge on any atom is 0.162 e. The summed E-state index contributed by atoms with van der Waals surface area (Å²) in [4.78, 5) is 18.4. The number of methoxy groups -OCH3 is 2. The zero-order valence-electron chi connectivity index (χ0n) is 16.2. The van der Waals surface area contributed by atoms with Gasteiger partial charge in [-0.05, 0) is 24.6 Å². The quantitative estimate of drug-likeness (QED) is 0.690. The number of aromatic nitrogens is 3. The maximum absolute atomic E-state index is 11.5. The number of ketones is 1. The Balaban J connectivity index is 1.76. The van der Waals surface area contributed by atoms with E-state index in [1.165, 1.54) is 0 Å². The molecule has 0 amide bonds. The molecule has 0 spiro atoms. The van der Waals surface area contributed by atoms with Crippen molar-refractivity contribution in [3.63, 3.8) is 0 Å². The van der Waals surface area contributed by atoms with Gasteiger partial charge in [0.05, 0.1) is 25.9 Å². The lowest BCUT2D eigenvalue weighted by molar-refractivity contribution is -0.119. The zero-order valence-corrected chi connectivity index (χ0v) is 16.2. The van der Waals surface area contributed by atoms with Crippen LogP contribution < -0.4 is 14.4 Å². The summed E-state index contributed by atoms with van der Waals surface area (Å²) in [6.45, 7) is 3.49. The predicted molar refractivity (Wildman–Crippen MR) is 107 cm³/mol. The van der Waals surface area contributed by atoms with Crippen molar-refractivity contribution < 1.29 is 14.3 Å². The number of Topliss-reactive ketones (excluding diaryl/α,β-unsaturated/α-hetero) is 1. The van der Waals surface area contributed by atoms with Gasteiger partial charge in [0.15, 0.2) is 11.5 Å². The first kappa shape index (κ1) is 18.2. The van der Waals surface area contributed by atoms with Gasteiger partial charge in [-0.15, -0.1) is 0 Å². The molecule has 144 valence electrons. The van der Waals surface area contributed by atoms with E-state index in [0.29, 0.717) is 30.1 Å². The molecule has 1 aliphatic rings. The number of ether oxygens (including phenoxy) is 2. The van der Waals surface area contributed by atoms with Gasteiger partial charge < -0.3 is 14.4 Å². The molecule has 1 aliphatic heterocycles. The highest BCUT2D eigenvalue weighted by molar-refractivity contribution is 5.95. The van der Waals surface area contributed by atoms with Crippen molar-refractivity contribution in [1.29, 1.82) is 0 Å². The molecule has 0 radical (unpaired) electrons. The van der Waals surface area contributed by atoms with Gasteiger partial charge in [-0.2, -0.15) is 10.2 Å². The number of hydrogen-bond donors (Lipinski definition) is 0. The van der Waals surface area contributed by atoms with Crippen LogP contribution in [0.25, 0.3) is 22.0 Å². The Kier molecular flexibility index (Phi) is 4.81. The van der Waals surface area contributed by atoms with E-state index in [1.54, 1.807) is 20.4 Å². The molecule has 1 saturated heterocycles. The number of anilines is 1. The lowest BCUT2D eigenvalue weighted by Gasteiger charge is -2.28. The fourth-order valence-corrected chi connectivity index (χ4v) is 3.63. The van der Waals surface area contributed by atoms with E-state index in [2.05, 4.69) is 21.2 Å². The summed E-state index contributed by atoms with van der Waals surface area (Å²) in [5.74, 6) is 2.51. The highest BCUT2D eigenvalue weighted by Crippen LogP contribution is 2.36. The molecule has 1 aromatic carbocycles. The Morgan fingerprint density at radius 3 is 2.39 bits per heavy atom. The largest absolute Gasteiger partial charge is 0.493 e. The first-order valence-corrected chi connectivity index (χ1v) is 9.22. The van der Waals surface area contributed by atoms with E-state index < -0.39 is 0 Å². The molecule has 7 nitrogen and oxygen atoms in total. The van der Waals surface area contributed by atoms with Crippen LogP contribution in [-0.2, 0) is 4.79 Å². The van der Waals surface area contributed by atoms with Crippen LogP contribution in [0.5, 0.6) is 11.5 Å². The fourth-order valence-electron chi connectivity index (χ4n) is 3.63. The van der Waals surface area contributed by atoms with Crippen molar-refractivity contribution in [3.05, 3.63) is 36.2 Å². The second-order valence-electron chi connectivity index (χ2n) is 6.87. The van der Waals surface area contributed by atoms with Crippen LogP contribution in [-0.4, -0.2) is 48.3 Å². The Morgan fingerprint density at radius 1 is 1.00 bits per heavy atom. The highest BCUT2D eigenvalue weighted by atomic mass is 16.5. The summed E-state index contributed by atoms with van der Waals surface area (Å²) in [6, 6.07) is 5.84. The minimum atomic E-state index is 0.323. The van der Waals surface area contributed by atoms with E-state index in [0.717, 1.165) is 46.5 Å². The van der Waals surface area contributed by atoms with E-state index in [9.17, 15) is 4.79 Å². The summed E-state index contributed by atoms with van der Waals surface area (Å²) in [5, 5.41) is 9.30. The number of fused-ring (bicyclic) bond motifs is 1. The van der Waals surface area contributed by atoms with Crippen molar-refractivity contribution in [1.82, 2.24) is 15.2 Å². The second kappa shape index (κ2) is 7.42. The van der Waals surface area contributed by atoms with Gasteiger partial charge in [0.25, 0.3) is 0 Å². The van der Waals surface area contributed by atoms with Gasteiger partial charge in [0.1, 0.15) is 11.6 Å². The summed E-state index contributed by atoms with van der Waals surface area (Å²) in [7, 11) is 3.21. The van der Waals surface area contributed by atoms with E-state index in [-0.39, 0.29) is 0 Å². The predicted octanol–water partition coefficient (Wildman–Crippen LogP) is 3.19. The third kappa shape index (κ3) is 3.24. The first-order chi connectivity index (χ1) is 13.6. The summed E-state index contributed by atoms with van der Waals surface area (Å²) >= 11 is 0. The highest BCUT2D eigenvalue weighted by Gasteiger charge is 2.19. The molecule has 4 rings (SSSR count). The first-order valence-electron chi connectivity index (χ1n) is 9.22. The summed E-state index contributed by atoms with van der Waals surface area (Å²) in [5.41, 5.74) is 3.69. The SMILES string of the molecule is COc1cc2nncc(-c3cnc(N4CCC(=O)CC4)c(C)c3)c2cc1OC. The molecule has 0 unspecified atom stereocenters. The van der Waals surface area contributed by atoms with Crippen molar-refractivity contribution in [3.8, 4) is 22.6 Å². The number of carbonyl (C=O) groups excluding carboxylic acids is 1. The number of pyridine rings is 1. The standard InChI is InChI=1S/C21H22N4O3/c1-13-8-14(11-22-21(13)25-6-4-15(26)5-7-25)17-12-23-24-18-10-20(28-3)19(27-2)9-16(17)18/h8-12H,4-7H2,1-3H3. The number of carbonyl (C=O) groups is 1. The van der Waals surface area contributed by atoms with Crippen LogP contribution in [0.3, 0.4) is 0 Å². The minimum Gasteiger partial charge on any atom is -0.493 e. The molecular weight excluding hydrogens is 356 g/mol. The average Bonchev–Trinajstić information content (AvgIpc) is 2.73. The van der Waals surface area contributed by atoms with Gasteiger partial charge in [-0.3, -0.25) is 4.79 Å². The third-order valence-corrected chi connectivity index (χ3v) is 5.13. The van der Waals surface area contributed by atoms with Crippen LogP contribution >= 0.6 is 0 Å². The molecule has 0 atom stereocenters. The molecule has 3 heterocycles. The van der Waals surface area contributed by atoms with Crippen LogP contribution in [0.2, 0.25) is 0 Å². The third-order valence-electron chi connectivity index (χ3n) is 5.13. The molecule has 0 bridgehead atoms. The average molecular weight is 378 g/mol. The molecule has 0 N–H and O–H groups in total. The number of hydrogen-bond acceptors (Lipinski definition) is 7. The lowest BCUT2D eigenvalue weighted by atomic mass is 10.0. The van der Waals surface area contributed by atoms with E-state index in [1.807, 2.05) is 25.3 Å². The Labute approximate surface area is 163 Å². The molecule has 1 fully saturated rings. The maximum atomic E-state index is 11.5. The summed E-state index contributed by atoms with van der Waals surface area (Å²) in [6.07, 6.45) is 4.77. The molecule has 28 heavy (non-hydrogen) atoms. The monoisotopic (exact) mass is 378 g/mol. The van der Waals surface area contributed by atoms with Crippen molar-refractivity contribution in [2.75, 3.05) is 32.2 Å². The van der Waals surface area contributed by atoms with Crippen molar-refractivity contribution >= 4 is 22.5 Å².